The number of carbonyl (C=O) groups is 1. The number of hydrogen-bond acceptors (Lipinski definition) is 6. The van der Waals surface area contributed by atoms with Crippen molar-refractivity contribution in [3.8, 4) is 11.4 Å². The predicted octanol–water partition coefficient (Wildman–Crippen LogP) is 4.00. The standard InChI is InChI=1S/C23H29N3O4S/c1-22(2,3)14-10-16(23(4,5)6)21(28)19(11-14)26-24-17-9-8-15(12-18(17)25-26)31(29)13-20(27)30-7/h8-12,28H,13H2,1-7H3. The number of methoxy groups -OCH3 is 1. The largest absolute Gasteiger partial charge is 0.505 e. The number of carbonyl (C=O) groups excluding carboxylic acids is 1. The molecule has 0 saturated heterocycles. The molecular weight excluding hydrogens is 414 g/mol. The molecule has 0 amide bonds. The minimum atomic E-state index is -1.54. The Morgan fingerprint density at radius 2 is 1.68 bits per heavy atom. The van der Waals surface area contributed by atoms with Gasteiger partial charge in [-0.05, 0) is 40.7 Å². The number of rotatable bonds is 4. The lowest BCUT2D eigenvalue weighted by atomic mass is 9.80. The summed E-state index contributed by atoms with van der Waals surface area (Å²) in [5, 5.41) is 20.1. The van der Waals surface area contributed by atoms with E-state index in [1.54, 1.807) is 18.2 Å². The second-order valence-electron chi connectivity index (χ2n) is 9.60. The van der Waals surface area contributed by atoms with Gasteiger partial charge in [-0.1, -0.05) is 47.6 Å². The summed E-state index contributed by atoms with van der Waals surface area (Å²) in [4.78, 5) is 13.3. The SMILES string of the molecule is COC(=O)CS(=O)c1ccc2nn(-c3cc(C(C)(C)C)cc(C(C)(C)C)c3O)nc2c1. The Morgan fingerprint density at radius 1 is 1.03 bits per heavy atom. The highest BCUT2D eigenvalue weighted by atomic mass is 32.2. The van der Waals surface area contributed by atoms with E-state index in [-0.39, 0.29) is 22.3 Å². The van der Waals surface area contributed by atoms with Gasteiger partial charge in [0, 0.05) is 10.5 Å². The molecule has 0 aliphatic rings. The summed E-state index contributed by atoms with van der Waals surface area (Å²) in [5.41, 5.74) is 3.08. The van der Waals surface area contributed by atoms with Gasteiger partial charge in [-0.15, -0.1) is 15.0 Å². The molecule has 7 nitrogen and oxygen atoms in total. The Morgan fingerprint density at radius 3 is 2.26 bits per heavy atom. The van der Waals surface area contributed by atoms with Crippen LogP contribution in [0.3, 0.4) is 0 Å². The predicted molar refractivity (Wildman–Crippen MR) is 121 cm³/mol. The van der Waals surface area contributed by atoms with E-state index in [1.807, 2.05) is 32.9 Å². The van der Waals surface area contributed by atoms with Crippen molar-refractivity contribution in [3.05, 3.63) is 41.5 Å². The minimum Gasteiger partial charge on any atom is -0.505 e. The van der Waals surface area contributed by atoms with E-state index in [0.29, 0.717) is 21.6 Å². The fourth-order valence-electron chi connectivity index (χ4n) is 3.17. The van der Waals surface area contributed by atoms with Gasteiger partial charge in [-0.2, -0.15) is 0 Å². The van der Waals surface area contributed by atoms with Crippen molar-refractivity contribution in [2.24, 2.45) is 0 Å². The highest BCUT2D eigenvalue weighted by molar-refractivity contribution is 7.85. The van der Waals surface area contributed by atoms with Crippen LogP contribution in [-0.4, -0.2) is 43.1 Å². The third-order valence-corrected chi connectivity index (χ3v) is 6.35. The second kappa shape index (κ2) is 8.07. The first kappa shape index (κ1) is 22.9. The average Bonchev–Trinajstić information content (AvgIpc) is 3.09. The number of aromatic hydroxyl groups is 1. The summed E-state index contributed by atoms with van der Waals surface area (Å²) >= 11 is 0. The molecule has 1 atom stereocenters. The summed E-state index contributed by atoms with van der Waals surface area (Å²) in [6.45, 7) is 12.5. The van der Waals surface area contributed by atoms with Gasteiger partial charge >= 0.3 is 5.97 Å². The maximum atomic E-state index is 12.4. The monoisotopic (exact) mass is 443 g/mol. The van der Waals surface area contributed by atoms with Crippen molar-refractivity contribution in [3.63, 3.8) is 0 Å². The van der Waals surface area contributed by atoms with E-state index in [1.165, 1.54) is 11.9 Å². The average molecular weight is 444 g/mol. The number of nitrogens with zero attached hydrogens (tertiary/aromatic N) is 3. The maximum absolute atomic E-state index is 12.4. The molecule has 1 heterocycles. The molecule has 0 bridgehead atoms. The van der Waals surface area contributed by atoms with E-state index < -0.39 is 16.8 Å². The molecule has 166 valence electrons. The van der Waals surface area contributed by atoms with Gasteiger partial charge in [0.2, 0.25) is 0 Å². The number of hydrogen-bond donors (Lipinski definition) is 1. The van der Waals surface area contributed by atoms with Gasteiger partial charge in [-0.25, -0.2) is 0 Å². The molecule has 0 aliphatic carbocycles. The number of fused-ring (bicyclic) bond motifs is 1. The van der Waals surface area contributed by atoms with Crippen molar-refractivity contribution < 1.29 is 18.8 Å². The Bertz CT molecular complexity index is 1170. The number of aromatic nitrogens is 3. The topological polar surface area (TPSA) is 94.3 Å². The van der Waals surface area contributed by atoms with Crippen molar-refractivity contribution in [1.29, 1.82) is 0 Å². The maximum Gasteiger partial charge on any atom is 0.318 e. The van der Waals surface area contributed by atoms with Crippen molar-refractivity contribution in [2.45, 2.75) is 57.3 Å². The lowest BCUT2D eigenvalue weighted by molar-refractivity contribution is -0.137. The highest BCUT2D eigenvalue weighted by Gasteiger charge is 2.26. The first-order chi connectivity index (χ1) is 14.3. The van der Waals surface area contributed by atoms with Gasteiger partial charge in [0.05, 0.1) is 17.9 Å². The molecule has 0 radical (unpaired) electrons. The molecule has 2 aromatic carbocycles. The lowest BCUT2D eigenvalue weighted by Gasteiger charge is -2.27. The van der Waals surface area contributed by atoms with Crippen LogP contribution in [0.4, 0.5) is 0 Å². The highest BCUT2D eigenvalue weighted by Crippen LogP contribution is 2.39. The van der Waals surface area contributed by atoms with E-state index >= 15 is 0 Å². The minimum absolute atomic E-state index is 0.132. The van der Waals surface area contributed by atoms with E-state index in [4.69, 9.17) is 0 Å². The van der Waals surface area contributed by atoms with Crippen LogP contribution in [0.25, 0.3) is 16.7 Å². The molecule has 0 aliphatic heterocycles. The molecule has 8 heteroatoms. The molecule has 0 saturated carbocycles. The van der Waals surface area contributed by atoms with Crippen LogP contribution in [0, 0.1) is 0 Å². The number of ether oxygens (including phenoxy) is 1. The summed E-state index contributed by atoms with van der Waals surface area (Å²) < 4.78 is 17.0. The molecule has 31 heavy (non-hydrogen) atoms. The molecule has 3 rings (SSSR count). The van der Waals surface area contributed by atoms with E-state index in [2.05, 4.69) is 35.7 Å². The summed E-state index contributed by atoms with van der Waals surface area (Å²) in [7, 11) is -0.279. The Labute approximate surface area is 184 Å². The zero-order valence-electron chi connectivity index (χ0n) is 19.0. The molecular formula is C23H29N3O4S. The van der Waals surface area contributed by atoms with Crippen LogP contribution in [0.1, 0.15) is 52.7 Å². The fourth-order valence-corrected chi connectivity index (χ4v) is 4.13. The zero-order valence-corrected chi connectivity index (χ0v) is 19.8. The van der Waals surface area contributed by atoms with Gasteiger partial charge in [0.15, 0.2) is 0 Å². The first-order valence-corrected chi connectivity index (χ1v) is 11.3. The van der Waals surface area contributed by atoms with Crippen LogP contribution in [0.5, 0.6) is 5.75 Å². The van der Waals surface area contributed by atoms with Crippen LogP contribution in [-0.2, 0) is 31.2 Å². The van der Waals surface area contributed by atoms with Crippen LogP contribution >= 0.6 is 0 Å². The third-order valence-electron chi connectivity index (χ3n) is 5.07. The summed E-state index contributed by atoms with van der Waals surface area (Å²) in [5.74, 6) is -0.629. The molecule has 3 aromatic rings. The number of phenolic OH excluding ortho intramolecular Hbond substituents is 1. The van der Waals surface area contributed by atoms with Crippen LogP contribution < -0.4 is 0 Å². The van der Waals surface area contributed by atoms with Gasteiger partial charge < -0.3 is 9.84 Å². The Hall–Kier alpha value is -2.74. The van der Waals surface area contributed by atoms with Gasteiger partial charge in [-0.3, -0.25) is 9.00 Å². The Kier molecular flexibility index (Phi) is 5.97. The van der Waals surface area contributed by atoms with Crippen molar-refractivity contribution >= 4 is 27.8 Å². The van der Waals surface area contributed by atoms with Crippen molar-refractivity contribution in [2.75, 3.05) is 12.9 Å². The van der Waals surface area contributed by atoms with E-state index in [9.17, 15) is 14.1 Å². The number of benzene rings is 2. The molecule has 1 unspecified atom stereocenters. The molecule has 1 aromatic heterocycles. The van der Waals surface area contributed by atoms with Crippen molar-refractivity contribution in [1.82, 2.24) is 15.0 Å². The van der Waals surface area contributed by atoms with E-state index in [0.717, 1.165) is 11.1 Å². The summed E-state index contributed by atoms with van der Waals surface area (Å²) in [6, 6.07) is 8.95. The molecule has 0 spiro atoms. The Balaban J connectivity index is 2.13. The van der Waals surface area contributed by atoms with Crippen LogP contribution in [0.15, 0.2) is 35.2 Å². The normalized spacial score (nSPS) is 13.4. The lowest BCUT2D eigenvalue weighted by Crippen LogP contribution is -2.18. The smallest absolute Gasteiger partial charge is 0.318 e. The number of phenols is 1. The molecule has 1 N–H and O–H groups in total. The van der Waals surface area contributed by atoms with Crippen LogP contribution in [0.2, 0.25) is 0 Å². The third kappa shape index (κ3) is 4.79. The summed E-state index contributed by atoms with van der Waals surface area (Å²) in [6.07, 6.45) is 0. The molecule has 0 fully saturated rings. The quantitative estimate of drug-likeness (QED) is 0.613. The fraction of sp³-hybridized carbons (Fsp3) is 0.435. The van der Waals surface area contributed by atoms with Gasteiger partial charge in [0.25, 0.3) is 0 Å². The second-order valence-corrected chi connectivity index (χ2v) is 11.0. The first-order valence-electron chi connectivity index (χ1n) is 10.0. The number of esters is 1. The van der Waals surface area contributed by atoms with Gasteiger partial charge in [0.1, 0.15) is 28.2 Å². The zero-order chi connectivity index (χ0) is 23.1.